The molecule has 0 saturated heterocycles. The summed E-state index contributed by atoms with van der Waals surface area (Å²) >= 11 is 0. The summed E-state index contributed by atoms with van der Waals surface area (Å²) < 4.78 is 16.2. The van der Waals surface area contributed by atoms with E-state index in [4.69, 9.17) is 19.6 Å². The lowest BCUT2D eigenvalue weighted by molar-refractivity contribution is 0.173. The summed E-state index contributed by atoms with van der Waals surface area (Å²) in [6, 6.07) is 3.85. The second kappa shape index (κ2) is 3.17. The maximum Gasteiger partial charge on any atom is 0.231 e. The molecule has 1 aliphatic rings. The number of benzene rings is 1. The molecule has 0 amide bonds. The third-order valence-electron chi connectivity index (χ3n) is 2.57. The molecule has 1 aromatic heterocycles. The molecule has 78 valence electrons. The quantitative estimate of drug-likeness (QED) is 0.810. The second-order valence-corrected chi connectivity index (χ2v) is 3.47. The Bertz CT molecular complexity index is 504. The van der Waals surface area contributed by atoms with E-state index in [1.165, 1.54) is 0 Å². The fourth-order valence-corrected chi connectivity index (χ4v) is 1.93. The van der Waals surface area contributed by atoms with Crippen LogP contribution in [0.1, 0.15) is 5.56 Å². The smallest absolute Gasteiger partial charge is 0.231 e. The first-order chi connectivity index (χ1) is 7.40. The van der Waals surface area contributed by atoms with Crippen molar-refractivity contribution in [2.75, 3.05) is 13.3 Å². The summed E-state index contributed by atoms with van der Waals surface area (Å²) in [6.45, 7) is 0.842. The van der Waals surface area contributed by atoms with Gasteiger partial charge in [0.1, 0.15) is 5.58 Å². The molecule has 0 unspecified atom stereocenters. The zero-order chi connectivity index (χ0) is 10.3. The van der Waals surface area contributed by atoms with Crippen molar-refractivity contribution in [3.8, 4) is 11.5 Å². The van der Waals surface area contributed by atoms with Crippen molar-refractivity contribution in [2.45, 2.75) is 6.42 Å². The maximum atomic E-state index is 5.58. The van der Waals surface area contributed by atoms with Crippen LogP contribution in [0.5, 0.6) is 11.5 Å². The average Bonchev–Trinajstić information content (AvgIpc) is 2.84. The first kappa shape index (κ1) is 8.61. The molecule has 3 rings (SSSR count). The Balaban J connectivity index is 2.29. The van der Waals surface area contributed by atoms with Crippen LogP contribution in [0.3, 0.4) is 0 Å². The highest BCUT2D eigenvalue weighted by atomic mass is 16.7. The van der Waals surface area contributed by atoms with Crippen LogP contribution in [0.25, 0.3) is 11.0 Å². The third kappa shape index (κ3) is 1.18. The van der Waals surface area contributed by atoms with Crippen molar-refractivity contribution in [3.63, 3.8) is 0 Å². The van der Waals surface area contributed by atoms with Crippen LogP contribution in [0.15, 0.2) is 22.8 Å². The van der Waals surface area contributed by atoms with Crippen LogP contribution < -0.4 is 15.2 Å². The second-order valence-electron chi connectivity index (χ2n) is 3.47. The lowest BCUT2D eigenvalue weighted by Crippen LogP contribution is -2.04. The van der Waals surface area contributed by atoms with Crippen molar-refractivity contribution in [2.24, 2.45) is 5.73 Å². The molecular weight excluding hydrogens is 194 g/mol. The minimum Gasteiger partial charge on any atom is -0.464 e. The number of ether oxygens (including phenoxy) is 2. The van der Waals surface area contributed by atoms with Gasteiger partial charge in [-0.2, -0.15) is 0 Å². The van der Waals surface area contributed by atoms with E-state index < -0.39 is 0 Å². The van der Waals surface area contributed by atoms with E-state index in [0.29, 0.717) is 6.54 Å². The fraction of sp³-hybridized carbons (Fsp3) is 0.273. The van der Waals surface area contributed by atoms with E-state index in [9.17, 15) is 0 Å². The molecule has 0 bridgehead atoms. The van der Waals surface area contributed by atoms with Crippen molar-refractivity contribution in [1.82, 2.24) is 0 Å². The van der Waals surface area contributed by atoms with E-state index in [0.717, 1.165) is 34.5 Å². The van der Waals surface area contributed by atoms with Gasteiger partial charge in [-0.1, -0.05) is 0 Å². The number of furan rings is 1. The van der Waals surface area contributed by atoms with Crippen LogP contribution >= 0.6 is 0 Å². The zero-order valence-corrected chi connectivity index (χ0v) is 8.16. The first-order valence-corrected chi connectivity index (χ1v) is 4.89. The van der Waals surface area contributed by atoms with Gasteiger partial charge >= 0.3 is 0 Å². The summed E-state index contributed by atoms with van der Waals surface area (Å²) in [5.41, 5.74) is 7.43. The highest BCUT2D eigenvalue weighted by Crippen LogP contribution is 2.41. The van der Waals surface area contributed by atoms with E-state index in [1.807, 2.05) is 12.1 Å². The Morgan fingerprint density at radius 2 is 2.27 bits per heavy atom. The molecule has 4 nitrogen and oxygen atoms in total. The van der Waals surface area contributed by atoms with Crippen molar-refractivity contribution in [3.05, 3.63) is 24.0 Å². The molecule has 0 saturated carbocycles. The number of hydrogen-bond acceptors (Lipinski definition) is 4. The predicted octanol–water partition coefficient (Wildman–Crippen LogP) is 1.66. The molecule has 2 heterocycles. The molecule has 4 heteroatoms. The minimum atomic E-state index is 0.277. The van der Waals surface area contributed by atoms with Gasteiger partial charge in [-0.3, -0.25) is 0 Å². The van der Waals surface area contributed by atoms with E-state index in [2.05, 4.69) is 0 Å². The lowest BCUT2D eigenvalue weighted by atomic mass is 10.1. The summed E-state index contributed by atoms with van der Waals surface area (Å²) in [5, 5.41) is 1.03. The summed E-state index contributed by atoms with van der Waals surface area (Å²) in [4.78, 5) is 0. The van der Waals surface area contributed by atoms with Crippen LogP contribution in [0.2, 0.25) is 0 Å². The van der Waals surface area contributed by atoms with Gasteiger partial charge in [-0.25, -0.2) is 0 Å². The molecule has 1 aromatic carbocycles. The Morgan fingerprint density at radius 1 is 1.33 bits per heavy atom. The maximum absolute atomic E-state index is 5.58. The van der Waals surface area contributed by atoms with E-state index in [-0.39, 0.29) is 6.79 Å². The van der Waals surface area contributed by atoms with Gasteiger partial charge in [-0.05, 0) is 25.1 Å². The minimum absolute atomic E-state index is 0.277. The van der Waals surface area contributed by atoms with Crippen LogP contribution in [0.4, 0.5) is 0 Å². The van der Waals surface area contributed by atoms with Gasteiger partial charge < -0.3 is 19.6 Å². The summed E-state index contributed by atoms with van der Waals surface area (Å²) in [6.07, 6.45) is 2.40. The van der Waals surface area contributed by atoms with Crippen LogP contribution in [-0.2, 0) is 6.42 Å². The number of hydrogen-bond donors (Lipinski definition) is 1. The van der Waals surface area contributed by atoms with Crippen molar-refractivity contribution < 1.29 is 13.9 Å². The standard InChI is InChI=1S/C11H11NO3/c12-3-1-8-10-7(2-4-13-10)5-9-11(8)15-6-14-9/h2,4-5H,1,3,6,12H2. The number of rotatable bonds is 2. The van der Waals surface area contributed by atoms with Gasteiger partial charge in [0.2, 0.25) is 6.79 Å². The molecule has 2 N–H and O–H groups in total. The molecule has 0 radical (unpaired) electrons. The highest BCUT2D eigenvalue weighted by molar-refractivity contribution is 5.85. The fourth-order valence-electron chi connectivity index (χ4n) is 1.93. The van der Waals surface area contributed by atoms with Crippen molar-refractivity contribution >= 4 is 11.0 Å². The Labute approximate surface area is 86.6 Å². The normalized spacial score (nSPS) is 13.7. The molecule has 0 atom stereocenters. The Hall–Kier alpha value is -1.68. The zero-order valence-electron chi connectivity index (χ0n) is 8.16. The van der Waals surface area contributed by atoms with Crippen molar-refractivity contribution in [1.29, 1.82) is 0 Å². The average molecular weight is 205 g/mol. The van der Waals surface area contributed by atoms with Gasteiger partial charge in [0.15, 0.2) is 11.5 Å². The lowest BCUT2D eigenvalue weighted by Gasteiger charge is -2.05. The molecule has 1 aliphatic heterocycles. The molecule has 0 aliphatic carbocycles. The summed E-state index contributed by atoms with van der Waals surface area (Å²) in [7, 11) is 0. The molecule has 2 aromatic rings. The van der Waals surface area contributed by atoms with Gasteiger partial charge in [0.05, 0.1) is 6.26 Å². The van der Waals surface area contributed by atoms with Crippen LogP contribution in [0, 0.1) is 0 Å². The molecule has 15 heavy (non-hydrogen) atoms. The number of fused-ring (bicyclic) bond motifs is 2. The van der Waals surface area contributed by atoms with Gasteiger partial charge in [-0.15, -0.1) is 0 Å². The monoisotopic (exact) mass is 205 g/mol. The highest BCUT2D eigenvalue weighted by Gasteiger charge is 2.21. The Kier molecular flexibility index (Phi) is 1.82. The van der Waals surface area contributed by atoms with E-state index >= 15 is 0 Å². The first-order valence-electron chi connectivity index (χ1n) is 4.89. The predicted molar refractivity (Wildman–Crippen MR) is 55.1 cm³/mol. The largest absolute Gasteiger partial charge is 0.464 e. The summed E-state index contributed by atoms with van der Waals surface area (Å²) in [5.74, 6) is 1.57. The molecular formula is C11H11NO3. The number of nitrogens with two attached hydrogens (primary N) is 1. The molecule has 0 spiro atoms. The topological polar surface area (TPSA) is 57.6 Å². The SMILES string of the molecule is NCCc1c2c(cc3ccoc13)OCO2. The van der Waals surface area contributed by atoms with Crippen LogP contribution in [-0.4, -0.2) is 13.3 Å². The third-order valence-corrected chi connectivity index (χ3v) is 2.57. The van der Waals surface area contributed by atoms with Gasteiger partial charge in [0.25, 0.3) is 0 Å². The molecule has 0 fully saturated rings. The Morgan fingerprint density at radius 3 is 3.13 bits per heavy atom. The van der Waals surface area contributed by atoms with E-state index in [1.54, 1.807) is 6.26 Å². The van der Waals surface area contributed by atoms with Gasteiger partial charge in [0, 0.05) is 10.9 Å².